The van der Waals surface area contributed by atoms with Crippen molar-refractivity contribution in [2.45, 2.75) is 52.7 Å². The van der Waals surface area contributed by atoms with Gasteiger partial charge < -0.3 is 10.1 Å². The van der Waals surface area contributed by atoms with E-state index in [0.717, 1.165) is 24.4 Å². The summed E-state index contributed by atoms with van der Waals surface area (Å²) in [5.41, 5.74) is 2.02. The van der Waals surface area contributed by atoms with E-state index in [2.05, 4.69) is 29.3 Å². The molecule has 1 aliphatic heterocycles. The van der Waals surface area contributed by atoms with E-state index in [1.807, 2.05) is 26.0 Å². The van der Waals surface area contributed by atoms with E-state index in [4.69, 9.17) is 4.74 Å². The second kappa shape index (κ2) is 9.80. The maximum absolute atomic E-state index is 12.1. The Morgan fingerprint density at radius 1 is 1.25 bits per heavy atom. The normalized spacial score (nSPS) is 16.5. The molecule has 1 fully saturated rings. The van der Waals surface area contributed by atoms with Crippen LogP contribution in [0.1, 0.15) is 56.0 Å². The van der Waals surface area contributed by atoms with Crippen molar-refractivity contribution in [3.63, 3.8) is 0 Å². The maximum Gasteiger partial charge on any atom is 0.251 e. The molecule has 134 valence electrons. The molecule has 0 aliphatic carbocycles. The van der Waals surface area contributed by atoms with Crippen LogP contribution in [-0.2, 0) is 11.3 Å². The average molecular weight is 332 g/mol. The molecule has 0 bridgehead atoms. The molecular formula is C20H32N2O2. The van der Waals surface area contributed by atoms with Gasteiger partial charge in [-0.3, -0.25) is 9.69 Å². The van der Waals surface area contributed by atoms with Crippen molar-refractivity contribution in [1.82, 2.24) is 10.2 Å². The first-order valence-corrected chi connectivity index (χ1v) is 9.25. The fourth-order valence-corrected chi connectivity index (χ4v) is 2.94. The summed E-state index contributed by atoms with van der Waals surface area (Å²) >= 11 is 0. The molecule has 1 aliphatic rings. The summed E-state index contributed by atoms with van der Waals surface area (Å²) in [5.74, 6) is 0.858. The van der Waals surface area contributed by atoms with Gasteiger partial charge in [-0.05, 0) is 69.8 Å². The van der Waals surface area contributed by atoms with Gasteiger partial charge in [0.05, 0.1) is 6.10 Å². The van der Waals surface area contributed by atoms with Crippen LogP contribution in [0.4, 0.5) is 0 Å². The number of ether oxygens (including phenoxy) is 1. The van der Waals surface area contributed by atoms with Crippen molar-refractivity contribution in [2.75, 3.05) is 26.2 Å². The van der Waals surface area contributed by atoms with E-state index >= 15 is 0 Å². The third kappa shape index (κ3) is 6.62. The zero-order valence-electron chi connectivity index (χ0n) is 15.4. The van der Waals surface area contributed by atoms with Gasteiger partial charge in [-0.1, -0.05) is 19.1 Å². The van der Waals surface area contributed by atoms with Gasteiger partial charge in [0.1, 0.15) is 0 Å². The number of hydrogen-bond donors (Lipinski definition) is 1. The van der Waals surface area contributed by atoms with Gasteiger partial charge in [-0.25, -0.2) is 0 Å². The molecular weight excluding hydrogens is 300 g/mol. The van der Waals surface area contributed by atoms with E-state index in [1.165, 1.54) is 31.5 Å². The lowest BCUT2D eigenvalue weighted by molar-refractivity contribution is 0.0757. The predicted octanol–water partition coefficient (Wildman–Crippen LogP) is 3.46. The van der Waals surface area contributed by atoms with Crippen LogP contribution < -0.4 is 5.32 Å². The monoisotopic (exact) mass is 332 g/mol. The number of likely N-dealkylation sites (tertiary alicyclic amines) is 1. The Morgan fingerprint density at radius 3 is 2.54 bits per heavy atom. The highest BCUT2D eigenvalue weighted by Crippen LogP contribution is 2.18. The summed E-state index contributed by atoms with van der Waals surface area (Å²) in [6.07, 6.45) is 3.67. The fourth-order valence-electron chi connectivity index (χ4n) is 2.94. The topological polar surface area (TPSA) is 41.6 Å². The Bertz CT molecular complexity index is 491. The highest BCUT2D eigenvalue weighted by atomic mass is 16.5. The second-order valence-corrected chi connectivity index (χ2v) is 7.18. The Hall–Kier alpha value is -1.39. The minimum atomic E-state index is -0.00195. The highest BCUT2D eigenvalue weighted by molar-refractivity contribution is 5.94. The lowest BCUT2D eigenvalue weighted by atomic mass is 9.99. The van der Waals surface area contributed by atoms with Crippen LogP contribution in [0.3, 0.4) is 0 Å². The first kappa shape index (κ1) is 18.9. The van der Waals surface area contributed by atoms with E-state index in [9.17, 15) is 4.79 Å². The second-order valence-electron chi connectivity index (χ2n) is 7.18. The SMILES string of the molecule is CC1CCN(Cc2ccc(C(=O)NCCCOC(C)C)cc2)CC1. The molecule has 1 N–H and O–H groups in total. The zero-order chi connectivity index (χ0) is 17.4. The number of carbonyl (C=O) groups is 1. The van der Waals surface area contributed by atoms with Crippen LogP contribution in [0.15, 0.2) is 24.3 Å². The summed E-state index contributed by atoms with van der Waals surface area (Å²) < 4.78 is 5.47. The molecule has 0 spiro atoms. The van der Waals surface area contributed by atoms with Crippen molar-refractivity contribution >= 4 is 5.91 Å². The fraction of sp³-hybridized carbons (Fsp3) is 0.650. The molecule has 0 atom stereocenters. The molecule has 0 radical (unpaired) electrons. The van der Waals surface area contributed by atoms with Crippen LogP contribution in [0, 0.1) is 5.92 Å². The molecule has 0 unspecified atom stereocenters. The van der Waals surface area contributed by atoms with Crippen molar-refractivity contribution in [3.8, 4) is 0 Å². The van der Waals surface area contributed by atoms with E-state index < -0.39 is 0 Å². The van der Waals surface area contributed by atoms with Gasteiger partial charge in [0.2, 0.25) is 0 Å². The zero-order valence-corrected chi connectivity index (χ0v) is 15.4. The number of nitrogens with one attached hydrogen (secondary N) is 1. The summed E-state index contributed by atoms with van der Waals surface area (Å²) in [7, 11) is 0. The van der Waals surface area contributed by atoms with Crippen LogP contribution in [0.25, 0.3) is 0 Å². The van der Waals surface area contributed by atoms with E-state index in [1.54, 1.807) is 0 Å². The lowest BCUT2D eigenvalue weighted by Gasteiger charge is -2.30. The Labute approximate surface area is 146 Å². The van der Waals surface area contributed by atoms with Gasteiger partial charge in [0.25, 0.3) is 5.91 Å². The summed E-state index contributed by atoms with van der Waals surface area (Å²) in [6.45, 7) is 11.1. The molecule has 2 rings (SSSR count). The molecule has 1 heterocycles. The number of nitrogens with zero attached hydrogens (tertiary/aromatic N) is 1. The molecule has 0 saturated carbocycles. The molecule has 1 aromatic carbocycles. The third-order valence-corrected chi connectivity index (χ3v) is 4.56. The van der Waals surface area contributed by atoms with Gasteiger partial charge in [0.15, 0.2) is 0 Å². The largest absolute Gasteiger partial charge is 0.379 e. The summed E-state index contributed by atoms with van der Waals surface area (Å²) in [4.78, 5) is 14.6. The van der Waals surface area contributed by atoms with Gasteiger partial charge in [0, 0.05) is 25.3 Å². The van der Waals surface area contributed by atoms with Gasteiger partial charge >= 0.3 is 0 Å². The Kier molecular flexibility index (Phi) is 7.73. The molecule has 1 amide bonds. The number of hydrogen-bond acceptors (Lipinski definition) is 3. The minimum absolute atomic E-state index is 0.00195. The van der Waals surface area contributed by atoms with Crippen molar-refractivity contribution in [3.05, 3.63) is 35.4 Å². The standard InChI is InChI=1S/C20H32N2O2/c1-16(2)24-14-4-11-21-20(23)19-7-5-18(6-8-19)15-22-12-9-17(3)10-13-22/h5-8,16-17H,4,9-15H2,1-3H3,(H,21,23). The van der Waals surface area contributed by atoms with E-state index in [0.29, 0.717) is 13.2 Å². The smallest absolute Gasteiger partial charge is 0.251 e. The maximum atomic E-state index is 12.1. The average Bonchev–Trinajstić information content (AvgIpc) is 2.57. The summed E-state index contributed by atoms with van der Waals surface area (Å²) in [5, 5.41) is 2.95. The van der Waals surface area contributed by atoms with Crippen LogP contribution in [0.2, 0.25) is 0 Å². The first-order valence-electron chi connectivity index (χ1n) is 9.25. The first-order chi connectivity index (χ1) is 11.5. The minimum Gasteiger partial charge on any atom is -0.379 e. The van der Waals surface area contributed by atoms with Crippen LogP contribution in [0.5, 0.6) is 0 Å². The molecule has 1 saturated heterocycles. The molecule has 4 heteroatoms. The lowest BCUT2D eigenvalue weighted by Crippen LogP contribution is -2.32. The Morgan fingerprint density at radius 2 is 1.92 bits per heavy atom. The molecule has 1 aromatic rings. The van der Waals surface area contributed by atoms with E-state index in [-0.39, 0.29) is 12.0 Å². The van der Waals surface area contributed by atoms with Crippen LogP contribution >= 0.6 is 0 Å². The number of rotatable bonds is 8. The van der Waals surface area contributed by atoms with Crippen molar-refractivity contribution in [1.29, 1.82) is 0 Å². The molecule has 4 nitrogen and oxygen atoms in total. The number of benzene rings is 1. The Balaban J connectivity index is 1.71. The van der Waals surface area contributed by atoms with Gasteiger partial charge in [-0.15, -0.1) is 0 Å². The quantitative estimate of drug-likeness (QED) is 0.741. The predicted molar refractivity (Wildman–Crippen MR) is 98.2 cm³/mol. The number of piperidine rings is 1. The number of amides is 1. The molecule has 0 aromatic heterocycles. The third-order valence-electron chi connectivity index (χ3n) is 4.56. The molecule has 24 heavy (non-hydrogen) atoms. The van der Waals surface area contributed by atoms with Crippen molar-refractivity contribution in [2.24, 2.45) is 5.92 Å². The summed E-state index contributed by atoms with van der Waals surface area (Å²) in [6, 6.07) is 8.02. The highest BCUT2D eigenvalue weighted by Gasteiger charge is 2.15. The number of carbonyl (C=O) groups excluding carboxylic acids is 1. The van der Waals surface area contributed by atoms with Crippen LogP contribution in [-0.4, -0.2) is 43.2 Å². The van der Waals surface area contributed by atoms with Crippen molar-refractivity contribution < 1.29 is 9.53 Å². The van der Waals surface area contributed by atoms with Gasteiger partial charge in [-0.2, -0.15) is 0 Å².